The number of ether oxygens (including phenoxy) is 1. The number of aromatic nitrogens is 2. The molecule has 0 aliphatic rings. The largest absolute Gasteiger partial charge is 0.484 e. The summed E-state index contributed by atoms with van der Waals surface area (Å²) in [5.74, 6) is 0.285. The van der Waals surface area contributed by atoms with Gasteiger partial charge in [0.2, 0.25) is 5.13 Å². The number of benzene rings is 2. The molecular formula is C20H19N3O3S. The summed E-state index contributed by atoms with van der Waals surface area (Å²) in [5, 5.41) is 12.0. The Balaban J connectivity index is 1.49. The summed E-state index contributed by atoms with van der Waals surface area (Å²) in [4.78, 5) is 23.6. The molecule has 0 unspecified atom stereocenters. The highest BCUT2D eigenvalue weighted by molar-refractivity contribution is 7.15. The number of rotatable bonds is 8. The number of Topliss-reactive ketones (excluding diaryl/α,β-unsaturated/α-hetero) is 1. The Hall–Kier alpha value is -3.06. The summed E-state index contributed by atoms with van der Waals surface area (Å²) in [6.45, 7) is 1.67. The third-order valence-electron chi connectivity index (χ3n) is 3.78. The number of carbonyl (C=O) groups is 2. The van der Waals surface area contributed by atoms with E-state index < -0.39 is 0 Å². The van der Waals surface area contributed by atoms with E-state index in [0.717, 1.165) is 10.6 Å². The van der Waals surface area contributed by atoms with Crippen molar-refractivity contribution in [1.29, 1.82) is 0 Å². The van der Waals surface area contributed by atoms with E-state index in [2.05, 4.69) is 15.5 Å². The number of hydrogen-bond donors (Lipinski definition) is 1. The van der Waals surface area contributed by atoms with Crippen molar-refractivity contribution < 1.29 is 14.3 Å². The van der Waals surface area contributed by atoms with E-state index in [1.807, 2.05) is 37.3 Å². The van der Waals surface area contributed by atoms with Gasteiger partial charge in [0.15, 0.2) is 12.4 Å². The van der Waals surface area contributed by atoms with Crippen molar-refractivity contribution in [3.8, 4) is 5.75 Å². The average Bonchev–Trinajstić information content (AvgIpc) is 3.13. The van der Waals surface area contributed by atoms with Gasteiger partial charge in [0.1, 0.15) is 10.8 Å². The van der Waals surface area contributed by atoms with Crippen LogP contribution in [-0.2, 0) is 11.2 Å². The molecule has 0 aliphatic heterocycles. The smallest absolute Gasteiger partial charge is 0.264 e. The van der Waals surface area contributed by atoms with E-state index in [0.29, 0.717) is 29.3 Å². The molecule has 0 spiro atoms. The lowest BCUT2D eigenvalue weighted by Crippen LogP contribution is -2.20. The third kappa shape index (κ3) is 5.46. The van der Waals surface area contributed by atoms with E-state index in [-0.39, 0.29) is 18.3 Å². The van der Waals surface area contributed by atoms with Crippen molar-refractivity contribution in [2.24, 2.45) is 0 Å². The number of anilines is 1. The Morgan fingerprint density at radius 2 is 1.78 bits per heavy atom. The summed E-state index contributed by atoms with van der Waals surface area (Å²) in [7, 11) is 0. The van der Waals surface area contributed by atoms with Crippen molar-refractivity contribution in [1.82, 2.24) is 10.2 Å². The van der Waals surface area contributed by atoms with E-state index in [9.17, 15) is 9.59 Å². The molecule has 27 heavy (non-hydrogen) atoms. The number of amides is 1. The highest BCUT2D eigenvalue weighted by Crippen LogP contribution is 2.19. The fourth-order valence-corrected chi connectivity index (χ4v) is 3.18. The van der Waals surface area contributed by atoms with Crippen LogP contribution in [0, 0.1) is 0 Å². The summed E-state index contributed by atoms with van der Waals surface area (Å²) >= 11 is 1.34. The molecule has 1 heterocycles. The van der Waals surface area contributed by atoms with Crippen molar-refractivity contribution >= 4 is 28.2 Å². The number of nitrogens with zero attached hydrogens (tertiary/aromatic N) is 2. The molecule has 1 aromatic heterocycles. The third-order valence-corrected chi connectivity index (χ3v) is 4.62. The zero-order chi connectivity index (χ0) is 19.1. The zero-order valence-electron chi connectivity index (χ0n) is 14.8. The Bertz CT molecular complexity index is 908. The van der Waals surface area contributed by atoms with Crippen LogP contribution in [0.25, 0.3) is 0 Å². The Labute approximate surface area is 161 Å². The van der Waals surface area contributed by atoms with Gasteiger partial charge in [0.05, 0.1) is 0 Å². The first-order chi connectivity index (χ1) is 13.1. The highest BCUT2D eigenvalue weighted by atomic mass is 32.1. The molecule has 7 heteroatoms. The fraction of sp³-hybridized carbons (Fsp3) is 0.200. The molecule has 2 aromatic carbocycles. The lowest BCUT2D eigenvalue weighted by atomic mass is 10.1. The van der Waals surface area contributed by atoms with Crippen molar-refractivity contribution in [3.05, 3.63) is 70.7 Å². The second-order valence-corrected chi connectivity index (χ2v) is 6.86. The topological polar surface area (TPSA) is 81.2 Å². The van der Waals surface area contributed by atoms with Gasteiger partial charge in [-0.05, 0) is 29.8 Å². The Kier molecular flexibility index (Phi) is 6.27. The summed E-state index contributed by atoms with van der Waals surface area (Å²) in [6, 6.07) is 16.7. The van der Waals surface area contributed by atoms with Crippen molar-refractivity contribution in [2.75, 3.05) is 11.9 Å². The Morgan fingerprint density at radius 1 is 1.04 bits per heavy atom. The number of nitrogens with one attached hydrogen (secondary N) is 1. The molecule has 3 rings (SSSR count). The van der Waals surface area contributed by atoms with Crippen molar-refractivity contribution in [3.63, 3.8) is 0 Å². The van der Waals surface area contributed by atoms with Crippen LogP contribution >= 0.6 is 11.3 Å². The van der Waals surface area contributed by atoms with Gasteiger partial charge in [-0.1, -0.05) is 48.6 Å². The van der Waals surface area contributed by atoms with E-state index in [4.69, 9.17) is 4.74 Å². The molecule has 6 nitrogen and oxygen atoms in total. The predicted octanol–water partition coefficient (Wildman–Crippen LogP) is 3.74. The standard InChI is InChI=1S/C20H19N3O3S/c1-2-17(24)15-8-10-16(11-9-15)26-13-18(25)21-20-23-22-19(27-20)12-14-6-4-3-5-7-14/h3-11H,2,12-13H2,1H3,(H,21,23,25). The van der Waals surface area contributed by atoms with Gasteiger partial charge in [-0.2, -0.15) is 0 Å². The maximum absolute atomic E-state index is 12.0. The summed E-state index contributed by atoms with van der Waals surface area (Å²) in [6.07, 6.45) is 1.13. The predicted molar refractivity (Wildman–Crippen MR) is 104 cm³/mol. The molecule has 138 valence electrons. The van der Waals surface area contributed by atoms with Gasteiger partial charge in [0.25, 0.3) is 5.91 Å². The molecular weight excluding hydrogens is 362 g/mol. The van der Waals surface area contributed by atoms with E-state index >= 15 is 0 Å². The second-order valence-electron chi connectivity index (χ2n) is 5.80. The zero-order valence-corrected chi connectivity index (χ0v) is 15.7. The summed E-state index contributed by atoms with van der Waals surface area (Å²) < 4.78 is 5.44. The Morgan fingerprint density at radius 3 is 2.48 bits per heavy atom. The minimum absolute atomic E-state index is 0.0712. The van der Waals surface area contributed by atoms with Crippen LogP contribution in [0.5, 0.6) is 5.75 Å². The van der Waals surface area contributed by atoms with Gasteiger partial charge in [-0.25, -0.2) is 0 Å². The van der Waals surface area contributed by atoms with E-state index in [1.165, 1.54) is 11.3 Å². The quantitative estimate of drug-likeness (QED) is 0.601. The van der Waals surface area contributed by atoms with Gasteiger partial charge in [-0.15, -0.1) is 10.2 Å². The average molecular weight is 381 g/mol. The highest BCUT2D eigenvalue weighted by Gasteiger charge is 2.10. The fourth-order valence-electron chi connectivity index (χ4n) is 2.39. The monoisotopic (exact) mass is 381 g/mol. The molecule has 0 saturated carbocycles. The van der Waals surface area contributed by atoms with Gasteiger partial charge < -0.3 is 4.74 Å². The maximum Gasteiger partial charge on any atom is 0.264 e. The first kappa shape index (κ1) is 18.7. The molecule has 0 fully saturated rings. The molecule has 0 aliphatic carbocycles. The van der Waals surface area contributed by atoms with Crippen molar-refractivity contribution in [2.45, 2.75) is 19.8 Å². The second kappa shape index (κ2) is 9.05. The van der Waals surface area contributed by atoms with Gasteiger partial charge in [0, 0.05) is 18.4 Å². The van der Waals surface area contributed by atoms with Crippen LogP contribution in [0.1, 0.15) is 34.3 Å². The van der Waals surface area contributed by atoms with Gasteiger partial charge in [-0.3, -0.25) is 14.9 Å². The molecule has 1 N–H and O–H groups in total. The molecule has 0 radical (unpaired) electrons. The number of hydrogen-bond acceptors (Lipinski definition) is 6. The van der Waals surface area contributed by atoms with Crippen LogP contribution in [-0.4, -0.2) is 28.5 Å². The molecule has 3 aromatic rings. The van der Waals surface area contributed by atoms with Crippen LogP contribution < -0.4 is 10.1 Å². The van der Waals surface area contributed by atoms with Gasteiger partial charge >= 0.3 is 0 Å². The minimum Gasteiger partial charge on any atom is -0.484 e. The summed E-state index contributed by atoms with van der Waals surface area (Å²) in [5.41, 5.74) is 1.77. The van der Waals surface area contributed by atoms with Crippen LogP contribution in [0.2, 0.25) is 0 Å². The molecule has 0 atom stereocenters. The molecule has 0 bridgehead atoms. The maximum atomic E-state index is 12.0. The van der Waals surface area contributed by atoms with Crippen LogP contribution in [0.3, 0.4) is 0 Å². The number of carbonyl (C=O) groups excluding carboxylic acids is 2. The lowest BCUT2D eigenvalue weighted by molar-refractivity contribution is -0.118. The normalized spacial score (nSPS) is 10.4. The van der Waals surface area contributed by atoms with E-state index in [1.54, 1.807) is 24.3 Å². The first-order valence-electron chi connectivity index (χ1n) is 8.56. The van der Waals surface area contributed by atoms with Crippen LogP contribution in [0.4, 0.5) is 5.13 Å². The molecule has 0 saturated heterocycles. The number of ketones is 1. The van der Waals surface area contributed by atoms with Crippen LogP contribution in [0.15, 0.2) is 54.6 Å². The first-order valence-corrected chi connectivity index (χ1v) is 9.38. The SMILES string of the molecule is CCC(=O)c1ccc(OCC(=O)Nc2nnc(Cc3ccccc3)s2)cc1. The lowest BCUT2D eigenvalue weighted by Gasteiger charge is -2.06. The molecule has 1 amide bonds. The minimum atomic E-state index is -0.314.